The van der Waals surface area contributed by atoms with E-state index in [1.54, 1.807) is 49.6 Å². The molecule has 2 aromatic carbocycles. The van der Waals surface area contributed by atoms with Crippen molar-refractivity contribution in [1.82, 2.24) is 4.98 Å². The largest absolute Gasteiger partial charge is 0.497 e. The molecule has 0 unspecified atom stereocenters. The lowest BCUT2D eigenvalue weighted by atomic mass is 10.2. The van der Waals surface area contributed by atoms with Crippen LogP contribution in [-0.4, -0.2) is 25.1 Å². The number of anilines is 3. The number of ether oxygens (including phenoxy) is 2. The number of carbonyl (C=O) groups is 1. The molecular weight excluding hydrogens is 349 g/mol. The lowest BCUT2D eigenvalue weighted by molar-refractivity contribution is 0.102. The zero-order valence-electron chi connectivity index (χ0n) is 14.8. The number of nitrogens with one attached hydrogen (secondary N) is 2. The van der Waals surface area contributed by atoms with Crippen molar-refractivity contribution in [1.29, 1.82) is 0 Å². The van der Waals surface area contributed by atoms with E-state index in [9.17, 15) is 9.18 Å². The van der Waals surface area contributed by atoms with Crippen LogP contribution in [0.1, 0.15) is 10.5 Å². The maximum absolute atomic E-state index is 13.0. The lowest BCUT2D eigenvalue weighted by Gasteiger charge is -2.12. The smallest absolute Gasteiger partial charge is 0.274 e. The summed E-state index contributed by atoms with van der Waals surface area (Å²) in [6.45, 7) is 0. The Balaban J connectivity index is 1.78. The molecule has 2 N–H and O–H groups in total. The molecule has 0 saturated heterocycles. The molecule has 3 rings (SSSR count). The van der Waals surface area contributed by atoms with Crippen molar-refractivity contribution in [3.8, 4) is 11.5 Å². The maximum Gasteiger partial charge on any atom is 0.274 e. The second-order valence-corrected chi connectivity index (χ2v) is 5.58. The predicted octanol–water partition coefficient (Wildman–Crippen LogP) is 4.23. The van der Waals surface area contributed by atoms with Gasteiger partial charge in [0.2, 0.25) is 0 Å². The number of aromatic nitrogens is 1. The summed E-state index contributed by atoms with van der Waals surface area (Å²) in [6, 6.07) is 14.3. The van der Waals surface area contributed by atoms with Gasteiger partial charge in [-0.3, -0.25) is 9.78 Å². The van der Waals surface area contributed by atoms with Gasteiger partial charge in [0.25, 0.3) is 5.91 Å². The second-order valence-electron chi connectivity index (χ2n) is 5.58. The molecule has 1 heterocycles. The highest BCUT2D eigenvalue weighted by Crippen LogP contribution is 2.29. The van der Waals surface area contributed by atoms with Crippen molar-refractivity contribution < 1.29 is 18.7 Å². The van der Waals surface area contributed by atoms with Crippen LogP contribution in [0.5, 0.6) is 11.5 Å². The highest BCUT2D eigenvalue weighted by Gasteiger charge is 2.13. The number of hydrogen-bond acceptors (Lipinski definition) is 5. The molecule has 0 aliphatic carbocycles. The Kier molecular flexibility index (Phi) is 5.51. The van der Waals surface area contributed by atoms with Crippen molar-refractivity contribution in [3.63, 3.8) is 0 Å². The highest BCUT2D eigenvalue weighted by molar-refractivity contribution is 6.04. The van der Waals surface area contributed by atoms with E-state index in [1.165, 1.54) is 25.4 Å². The first-order chi connectivity index (χ1) is 13.1. The Morgan fingerprint density at radius 1 is 0.963 bits per heavy atom. The van der Waals surface area contributed by atoms with Crippen LogP contribution in [-0.2, 0) is 0 Å². The zero-order chi connectivity index (χ0) is 19.2. The first kappa shape index (κ1) is 18.2. The van der Waals surface area contributed by atoms with Gasteiger partial charge in [0.05, 0.1) is 19.9 Å². The zero-order valence-corrected chi connectivity index (χ0v) is 14.8. The summed E-state index contributed by atoms with van der Waals surface area (Å²) in [5.74, 6) is 0.377. The van der Waals surface area contributed by atoms with Crippen LogP contribution in [0.25, 0.3) is 0 Å². The molecule has 0 aliphatic heterocycles. The Hall–Kier alpha value is -3.61. The molecule has 0 saturated carbocycles. The molecule has 0 atom stereocenters. The van der Waals surface area contributed by atoms with Crippen LogP contribution in [0.3, 0.4) is 0 Å². The van der Waals surface area contributed by atoms with Gasteiger partial charge in [-0.15, -0.1) is 0 Å². The number of carbonyl (C=O) groups excluding carboxylic acids is 1. The Labute approximate surface area is 156 Å². The molecule has 0 radical (unpaired) electrons. The van der Waals surface area contributed by atoms with Crippen LogP contribution in [0.2, 0.25) is 0 Å². The Morgan fingerprint density at radius 2 is 1.74 bits per heavy atom. The van der Waals surface area contributed by atoms with Crippen molar-refractivity contribution in [2.45, 2.75) is 0 Å². The Morgan fingerprint density at radius 3 is 2.44 bits per heavy atom. The molecule has 0 bridgehead atoms. The van der Waals surface area contributed by atoms with E-state index in [0.717, 1.165) is 0 Å². The van der Waals surface area contributed by atoms with Gasteiger partial charge < -0.3 is 20.1 Å². The fraction of sp³-hybridized carbons (Fsp3) is 0.100. The number of amides is 1. The molecule has 27 heavy (non-hydrogen) atoms. The van der Waals surface area contributed by atoms with Crippen LogP contribution < -0.4 is 20.1 Å². The molecule has 1 amide bonds. The maximum atomic E-state index is 13.0. The average Bonchev–Trinajstić information content (AvgIpc) is 2.70. The fourth-order valence-corrected chi connectivity index (χ4v) is 2.43. The number of methoxy groups -OCH3 is 2. The van der Waals surface area contributed by atoms with Crippen molar-refractivity contribution in [3.05, 3.63) is 72.3 Å². The van der Waals surface area contributed by atoms with Crippen molar-refractivity contribution >= 4 is 23.0 Å². The monoisotopic (exact) mass is 367 g/mol. The van der Waals surface area contributed by atoms with E-state index >= 15 is 0 Å². The summed E-state index contributed by atoms with van der Waals surface area (Å²) in [5.41, 5.74) is 2.04. The lowest BCUT2D eigenvalue weighted by Crippen LogP contribution is -2.14. The molecule has 6 nitrogen and oxygen atoms in total. The summed E-state index contributed by atoms with van der Waals surface area (Å²) in [4.78, 5) is 16.7. The summed E-state index contributed by atoms with van der Waals surface area (Å²) in [7, 11) is 3.06. The minimum absolute atomic E-state index is 0.215. The minimum atomic E-state index is -0.399. The van der Waals surface area contributed by atoms with Crippen LogP contribution in [0.15, 0.2) is 60.8 Å². The second kappa shape index (κ2) is 8.18. The molecule has 7 heteroatoms. The number of halogens is 1. The van der Waals surface area contributed by atoms with Gasteiger partial charge in [0.1, 0.15) is 23.0 Å². The van der Waals surface area contributed by atoms with Gasteiger partial charge in [-0.25, -0.2) is 4.39 Å². The Bertz CT molecular complexity index is 945. The summed E-state index contributed by atoms with van der Waals surface area (Å²) in [6.07, 6.45) is 1.52. The fourth-order valence-electron chi connectivity index (χ4n) is 2.43. The molecule has 0 aliphatic rings. The molecular formula is C20H18FN3O3. The first-order valence-electron chi connectivity index (χ1n) is 8.11. The topological polar surface area (TPSA) is 72.5 Å². The first-order valence-corrected chi connectivity index (χ1v) is 8.11. The van der Waals surface area contributed by atoms with Gasteiger partial charge in [-0.1, -0.05) is 0 Å². The van der Waals surface area contributed by atoms with Crippen LogP contribution in [0, 0.1) is 5.82 Å². The third-order valence-electron chi connectivity index (χ3n) is 3.78. The number of nitrogens with zero attached hydrogens (tertiary/aromatic N) is 1. The van der Waals surface area contributed by atoms with E-state index in [2.05, 4.69) is 15.6 Å². The van der Waals surface area contributed by atoms with Gasteiger partial charge in [0, 0.05) is 23.6 Å². The third kappa shape index (κ3) is 4.52. The number of hydrogen-bond donors (Lipinski definition) is 2. The summed E-state index contributed by atoms with van der Waals surface area (Å²) in [5, 5.41) is 5.87. The van der Waals surface area contributed by atoms with Gasteiger partial charge in [0.15, 0.2) is 0 Å². The number of benzene rings is 2. The van der Waals surface area contributed by atoms with E-state index in [-0.39, 0.29) is 11.5 Å². The third-order valence-corrected chi connectivity index (χ3v) is 3.78. The van der Waals surface area contributed by atoms with E-state index in [4.69, 9.17) is 9.47 Å². The SMILES string of the molecule is COc1ccc(OC)c(NC(=O)c2cc(Nc3ccc(F)cc3)ccn2)c1. The van der Waals surface area contributed by atoms with Gasteiger partial charge >= 0.3 is 0 Å². The highest BCUT2D eigenvalue weighted by atomic mass is 19.1. The van der Waals surface area contributed by atoms with E-state index < -0.39 is 5.91 Å². The molecule has 138 valence electrons. The molecule has 0 spiro atoms. The van der Waals surface area contributed by atoms with Crippen molar-refractivity contribution in [2.75, 3.05) is 24.9 Å². The average molecular weight is 367 g/mol. The van der Waals surface area contributed by atoms with Gasteiger partial charge in [-0.2, -0.15) is 0 Å². The van der Waals surface area contributed by atoms with Crippen molar-refractivity contribution in [2.24, 2.45) is 0 Å². The summed E-state index contributed by atoms with van der Waals surface area (Å²) < 4.78 is 23.4. The van der Waals surface area contributed by atoms with E-state index in [1.807, 2.05) is 0 Å². The van der Waals surface area contributed by atoms with Gasteiger partial charge in [-0.05, 0) is 48.5 Å². The van der Waals surface area contributed by atoms with Crippen LogP contribution >= 0.6 is 0 Å². The van der Waals surface area contributed by atoms with E-state index in [0.29, 0.717) is 28.6 Å². The molecule has 0 fully saturated rings. The molecule has 1 aromatic heterocycles. The normalized spacial score (nSPS) is 10.2. The minimum Gasteiger partial charge on any atom is -0.497 e. The quantitative estimate of drug-likeness (QED) is 0.682. The number of rotatable bonds is 6. The number of pyridine rings is 1. The predicted molar refractivity (Wildman–Crippen MR) is 101 cm³/mol. The summed E-state index contributed by atoms with van der Waals surface area (Å²) >= 11 is 0. The van der Waals surface area contributed by atoms with Crippen LogP contribution in [0.4, 0.5) is 21.5 Å². The standard InChI is InChI=1S/C20H18FN3O3/c1-26-16-7-8-19(27-2)17(12-16)24-20(25)18-11-15(9-10-22-18)23-14-5-3-13(21)4-6-14/h3-12H,1-2H3,(H,22,23)(H,24,25). The molecule has 3 aromatic rings.